The van der Waals surface area contributed by atoms with Crippen LogP contribution in [0.25, 0.3) is 0 Å². The number of ether oxygens (including phenoxy) is 1. The van der Waals surface area contributed by atoms with Crippen molar-refractivity contribution >= 4 is 50.7 Å². The van der Waals surface area contributed by atoms with Crippen LogP contribution in [0.1, 0.15) is 28.5 Å². The molecule has 0 aliphatic heterocycles. The summed E-state index contributed by atoms with van der Waals surface area (Å²) in [4.78, 5) is 12.9. The average molecular weight is 483 g/mol. The number of carbonyl (C=O) groups is 1. The number of benzene rings is 2. The summed E-state index contributed by atoms with van der Waals surface area (Å²) in [6, 6.07) is 13.1. The van der Waals surface area contributed by atoms with Gasteiger partial charge in [-0.15, -0.1) is 0 Å². The molecule has 2 aromatic carbocycles. The number of aromatic nitrogens is 2. The highest BCUT2D eigenvalue weighted by atomic mass is 79.9. The first-order chi connectivity index (χ1) is 13.4. The molecule has 1 aromatic heterocycles. The van der Waals surface area contributed by atoms with Crippen molar-refractivity contribution in [3.63, 3.8) is 0 Å². The number of nitrogens with zero attached hydrogens (tertiary/aromatic N) is 2. The molecule has 0 spiro atoms. The molecule has 1 N–H and O–H groups in total. The highest BCUT2D eigenvalue weighted by Crippen LogP contribution is 2.37. The van der Waals surface area contributed by atoms with Gasteiger partial charge in [-0.1, -0.05) is 53.5 Å². The van der Waals surface area contributed by atoms with Crippen molar-refractivity contribution in [2.45, 2.75) is 20.4 Å². The summed E-state index contributed by atoms with van der Waals surface area (Å²) in [6.07, 6.45) is 0. The Kier molecular flexibility index (Phi) is 6.65. The summed E-state index contributed by atoms with van der Waals surface area (Å²) in [6.45, 7) is 4.53. The second-order valence-electron chi connectivity index (χ2n) is 6.05. The van der Waals surface area contributed by atoms with Gasteiger partial charge in [0.05, 0.1) is 34.6 Å². The molecule has 0 atom stereocenters. The predicted molar refractivity (Wildman–Crippen MR) is 116 cm³/mol. The molecule has 0 bridgehead atoms. The molecule has 0 aliphatic carbocycles. The zero-order valence-corrected chi connectivity index (χ0v) is 18.4. The van der Waals surface area contributed by atoms with Gasteiger partial charge in [0.1, 0.15) is 5.15 Å². The van der Waals surface area contributed by atoms with Gasteiger partial charge < -0.3 is 10.1 Å². The third kappa shape index (κ3) is 4.51. The molecule has 5 nitrogen and oxygen atoms in total. The van der Waals surface area contributed by atoms with E-state index in [2.05, 4.69) is 26.3 Å². The van der Waals surface area contributed by atoms with Gasteiger partial charge in [-0.2, -0.15) is 5.10 Å². The predicted octanol–water partition coefficient (Wildman–Crippen LogP) is 5.96. The Morgan fingerprint density at radius 1 is 1.25 bits per heavy atom. The molecule has 1 amide bonds. The minimum Gasteiger partial charge on any atom is -0.491 e. The lowest BCUT2D eigenvalue weighted by molar-refractivity contribution is 0.102. The Hall–Kier alpha value is -2.02. The molecule has 0 fully saturated rings. The zero-order chi connectivity index (χ0) is 20.3. The highest BCUT2D eigenvalue weighted by Gasteiger charge is 2.22. The summed E-state index contributed by atoms with van der Waals surface area (Å²) in [5, 5.41) is 8.00. The number of rotatable bonds is 6. The Labute approximate surface area is 181 Å². The third-order valence-electron chi connectivity index (χ3n) is 4.01. The average Bonchev–Trinajstić information content (AvgIpc) is 2.92. The number of carbonyl (C=O) groups excluding carboxylic acids is 1. The van der Waals surface area contributed by atoms with E-state index in [-0.39, 0.29) is 11.1 Å². The Morgan fingerprint density at radius 3 is 2.64 bits per heavy atom. The van der Waals surface area contributed by atoms with Crippen LogP contribution < -0.4 is 10.1 Å². The monoisotopic (exact) mass is 481 g/mol. The topological polar surface area (TPSA) is 56.1 Å². The lowest BCUT2D eigenvalue weighted by atomic mass is 10.2. The second-order valence-corrected chi connectivity index (χ2v) is 7.69. The molecule has 8 heteroatoms. The van der Waals surface area contributed by atoms with Crippen LogP contribution in [0.15, 0.2) is 46.9 Å². The fourth-order valence-electron chi connectivity index (χ4n) is 2.80. The van der Waals surface area contributed by atoms with Crippen LogP contribution in [-0.2, 0) is 6.54 Å². The van der Waals surface area contributed by atoms with E-state index in [9.17, 15) is 4.79 Å². The summed E-state index contributed by atoms with van der Waals surface area (Å²) in [5.74, 6) is 0.127. The maximum Gasteiger partial charge on any atom is 0.260 e. The number of amides is 1. The molecular formula is C20H18BrCl2N3O2. The van der Waals surface area contributed by atoms with Gasteiger partial charge in [-0.3, -0.25) is 4.79 Å². The molecule has 1 heterocycles. The second kappa shape index (κ2) is 8.99. The summed E-state index contributed by atoms with van der Waals surface area (Å²) in [5.41, 5.74) is 2.35. The molecule has 146 valence electrons. The Morgan fingerprint density at radius 2 is 1.96 bits per heavy atom. The van der Waals surface area contributed by atoms with Gasteiger partial charge >= 0.3 is 0 Å². The minimum absolute atomic E-state index is 0.276. The number of halogens is 3. The van der Waals surface area contributed by atoms with Crippen LogP contribution in [0.5, 0.6) is 5.75 Å². The fourth-order valence-corrected chi connectivity index (χ4v) is 4.05. The minimum atomic E-state index is -0.378. The molecule has 0 radical (unpaired) electrons. The molecule has 3 aromatic rings. The highest BCUT2D eigenvalue weighted by molar-refractivity contribution is 9.10. The maximum atomic E-state index is 12.9. The van der Waals surface area contributed by atoms with Gasteiger partial charge in [0.2, 0.25) is 0 Å². The molecule has 0 unspecified atom stereocenters. The molecule has 0 saturated carbocycles. The maximum absolute atomic E-state index is 12.9. The largest absolute Gasteiger partial charge is 0.491 e. The first kappa shape index (κ1) is 20.7. The van der Waals surface area contributed by atoms with Gasteiger partial charge in [0.15, 0.2) is 5.75 Å². The van der Waals surface area contributed by atoms with Crippen molar-refractivity contribution in [1.82, 2.24) is 9.78 Å². The van der Waals surface area contributed by atoms with Crippen molar-refractivity contribution < 1.29 is 9.53 Å². The SMILES string of the molecule is CCOc1c(Br)cc(Cl)cc1NC(=O)c1c(C)nn(Cc2ccccc2)c1Cl. The first-order valence-corrected chi connectivity index (χ1v) is 10.2. The van der Waals surface area contributed by atoms with Crippen molar-refractivity contribution in [3.8, 4) is 5.75 Å². The van der Waals surface area contributed by atoms with E-state index in [1.165, 1.54) is 0 Å². The van der Waals surface area contributed by atoms with E-state index in [1.807, 2.05) is 37.3 Å². The number of anilines is 1. The standard InChI is InChI=1S/C20H18BrCl2N3O2/c1-3-28-18-15(21)9-14(22)10-16(18)24-20(27)17-12(2)25-26(19(17)23)11-13-7-5-4-6-8-13/h4-10H,3,11H2,1-2H3,(H,24,27). The van der Waals surface area contributed by atoms with E-state index in [0.29, 0.717) is 45.3 Å². The molecule has 3 rings (SSSR count). The van der Waals surface area contributed by atoms with E-state index >= 15 is 0 Å². The smallest absolute Gasteiger partial charge is 0.260 e. The third-order valence-corrected chi connectivity index (χ3v) is 5.20. The van der Waals surface area contributed by atoms with Crippen LogP contribution in [0.3, 0.4) is 0 Å². The van der Waals surface area contributed by atoms with E-state index < -0.39 is 0 Å². The Balaban J connectivity index is 1.90. The van der Waals surface area contributed by atoms with Crippen molar-refractivity contribution in [1.29, 1.82) is 0 Å². The number of nitrogens with one attached hydrogen (secondary N) is 1. The lowest BCUT2D eigenvalue weighted by Crippen LogP contribution is -2.14. The van der Waals surface area contributed by atoms with Crippen molar-refractivity contribution in [3.05, 3.63) is 73.9 Å². The fraction of sp³-hybridized carbons (Fsp3) is 0.200. The first-order valence-electron chi connectivity index (χ1n) is 8.60. The summed E-state index contributed by atoms with van der Waals surface area (Å²) < 4.78 is 7.89. The van der Waals surface area contributed by atoms with Crippen molar-refractivity contribution in [2.75, 3.05) is 11.9 Å². The summed E-state index contributed by atoms with van der Waals surface area (Å²) >= 11 is 16.0. The number of aryl methyl sites for hydroxylation is 1. The molecule has 28 heavy (non-hydrogen) atoms. The van der Waals surface area contributed by atoms with Crippen molar-refractivity contribution in [2.24, 2.45) is 0 Å². The van der Waals surface area contributed by atoms with Crippen LogP contribution in [0.2, 0.25) is 10.2 Å². The van der Waals surface area contributed by atoms with Gasteiger partial charge in [0.25, 0.3) is 5.91 Å². The van der Waals surface area contributed by atoms with E-state index in [0.717, 1.165) is 5.56 Å². The van der Waals surface area contributed by atoms with E-state index in [1.54, 1.807) is 23.7 Å². The van der Waals surface area contributed by atoms with E-state index in [4.69, 9.17) is 27.9 Å². The zero-order valence-electron chi connectivity index (χ0n) is 15.3. The number of hydrogen-bond acceptors (Lipinski definition) is 3. The van der Waals surface area contributed by atoms with Crippen LogP contribution in [-0.4, -0.2) is 22.3 Å². The molecule has 0 aliphatic rings. The van der Waals surface area contributed by atoms with Crippen LogP contribution in [0, 0.1) is 6.92 Å². The van der Waals surface area contributed by atoms with Crippen LogP contribution in [0.4, 0.5) is 5.69 Å². The molecular weight excluding hydrogens is 465 g/mol. The quantitative estimate of drug-likeness (QED) is 0.471. The van der Waals surface area contributed by atoms with Gasteiger partial charge in [-0.05, 0) is 47.5 Å². The normalized spacial score (nSPS) is 10.8. The van der Waals surface area contributed by atoms with Gasteiger partial charge in [-0.25, -0.2) is 4.68 Å². The summed E-state index contributed by atoms with van der Waals surface area (Å²) in [7, 11) is 0. The lowest BCUT2D eigenvalue weighted by Gasteiger charge is -2.14. The number of hydrogen-bond donors (Lipinski definition) is 1. The van der Waals surface area contributed by atoms with Gasteiger partial charge in [0, 0.05) is 5.02 Å². The van der Waals surface area contributed by atoms with Crippen LogP contribution >= 0.6 is 39.1 Å². The Bertz CT molecular complexity index is 1010. The molecule has 0 saturated heterocycles.